The standard InChI is InChI=1S/C22H32BrFN4O5S/c1-13(2)33-21(29)28-14(3)6-18(27-34(30,31)12-24)19(28)11-32-17-4-5-22(8-15(22)7-17)20-25-9-16(23)10-26-20/h9-10,13-15,17-19,27H,4-8,11-12H2,1-3H3/t14-,15?,17?,18+,19+,22?/m1/s1. The fourth-order valence-electron chi connectivity index (χ4n) is 5.51. The van der Waals surface area contributed by atoms with Crippen LogP contribution in [0.5, 0.6) is 0 Å². The summed E-state index contributed by atoms with van der Waals surface area (Å²) in [7, 11) is -4.09. The predicted molar refractivity (Wildman–Crippen MR) is 126 cm³/mol. The Labute approximate surface area is 208 Å². The fraction of sp³-hybridized carbons (Fsp3) is 0.773. The van der Waals surface area contributed by atoms with Crippen LogP contribution in [0.1, 0.15) is 58.7 Å². The molecular weight excluding hydrogens is 531 g/mol. The summed E-state index contributed by atoms with van der Waals surface area (Å²) in [6, 6.07) is -3.01. The smallest absolute Gasteiger partial charge is 0.410 e. The number of nitrogens with one attached hydrogen (secondary N) is 1. The van der Waals surface area contributed by atoms with Gasteiger partial charge in [-0.15, -0.1) is 0 Å². The average Bonchev–Trinajstić information content (AvgIpc) is 3.42. The van der Waals surface area contributed by atoms with Crippen molar-refractivity contribution < 1.29 is 27.1 Å². The summed E-state index contributed by atoms with van der Waals surface area (Å²) < 4.78 is 51.8. The number of halogens is 2. The van der Waals surface area contributed by atoms with Crippen molar-refractivity contribution in [2.75, 3.05) is 12.6 Å². The maximum Gasteiger partial charge on any atom is 0.410 e. The van der Waals surface area contributed by atoms with Crippen LogP contribution < -0.4 is 4.72 Å². The Balaban J connectivity index is 1.41. The number of hydrogen-bond donors (Lipinski definition) is 1. The van der Waals surface area contributed by atoms with Gasteiger partial charge in [-0.1, -0.05) is 0 Å². The number of sulfonamides is 1. The number of hydrogen-bond acceptors (Lipinski definition) is 7. The summed E-state index contributed by atoms with van der Waals surface area (Å²) in [5.74, 6) is 1.32. The molecule has 190 valence electrons. The number of alkyl halides is 1. The Morgan fingerprint density at radius 3 is 2.68 bits per heavy atom. The van der Waals surface area contributed by atoms with E-state index in [1.54, 1.807) is 26.2 Å². The van der Waals surface area contributed by atoms with Crippen molar-refractivity contribution >= 4 is 32.0 Å². The van der Waals surface area contributed by atoms with Crippen molar-refractivity contribution in [3.8, 4) is 0 Å². The number of amides is 1. The van der Waals surface area contributed by atoms with Gasteiger partial charge < -0.3 is 9.47 Å². The largest absolute Gasteiger partial charge is 0.447 e. The zero-order valence-corrected chi connectivity index (χ0v) is 22.0. The highest BCUT2D eigenvalue weighted by atomic mass is 79.9. The van der Waals surface area contributed by atoms with Gasteiger partial charge in [-0.25, -0.2) is 32.3 Å². The minimum absolute atomic E-state index is 0.00613. The average molecular weight is 563 g/mol. The van der Waals surface area contributed by atoms with Gasteiger partial charge in [0.2, 0.25) is 16.0 Å². The van der Waals surface area contributed by atoms with Gasteiger partial charge in [-0.2, -0.15) is 0 Å². The number of rotatable bonds is 8. The first-order valence-corrected chi connectivity index (χ1v) is 14.1. The van der Waals surface area contributed by atoms with E-state index in [4.69, 9.17) is 9.47 Å². The molecule has 12 heteroatoms. The van der Waals surface area contributed by atoms with Crippen molar-refractivity contribution in [1.82, 2.24) is 19.6 Å². The second-order valence-corrected chi connectivity index (χ2v) is 12.6. The number of carbonyl (C=O) groups excluding carboxylic acids is 1. The lowest BCUT2D eigenvalue weighted by Crippen LogP contribution is -2.51. The third-order valence-electron chi connectivity index (χ3n) is 7.17. The molecule has 1 N–H and O–H groups in total. The van der Waals surface area contributed by atoms with Crippen LogP contribution in [-0.2, 0) is 24.9 Å². The lowest BCUT2D eigenvalue weighted by molar-refractivity contribution is -0.0147. The van der Waals surface area contributed by atoms with Crippen LogP contribution in [-0.4, -0.2) is 72.3 Å². The Morgan fingerprint density at radius 1 is 1.35 bits per heavy atom. The van der Waals surface area contributed by atoms with E-state index >= 15 is 0 Å². The van der Waals surface area contributed by atoms with E-state index in [0.29, 0.717) is 12.3 Å². The van der Waals surface area contributed by atoms with E-state index < -0.39 is 34.2 Å². The van der Waals surface area contributed by atoms with Crippen molar-refractivity contribution in [1.29, 1.82) is 0 Å². The molecule has 2 heterocycles. The monoisotopic (exact) mass is 562 g/mol. The molecular formula is C22H32BrFN4O5S. The normalized spacial score (nSPS) is 33.1. The topological polar surface area (TPSA) is 111 Å². The molecule has 34 heavy (non-hydrogen) atoms. The highest BCUT2D eigenvalue weighted by molar-refractivity contribution is 9.10. The summed E-state index contributed by atoms with van der Waals surface area (Å²) in [6.45, 7) is 5.49. The summed E-state index contributed by atoms with van der Waals surface area (Å²) in [5, 5.41) is 0. The molecule has 1 saturated heterocycles. The molecule has 9 nitrogen and oxygen atoms in total. The van der Waals surface area contributed by atoms with E-state index in [0.717, 1.165) is 36.0 Å². The molecule has 3 unspecified atom stereocenters. The SMILES string of the molecule is CC(C)OC(=O)N1[C@H](C)C[C@H](NS(=O)(=O)CF)[C@@H]1COC1CCC2(c3ncc(Br)cn3)CC2C1. The lowest BCUT2D eigenvalue weighted by Gasteiger charge is -2.33. The first-order valence-electron chi connectivity index (χ1n) is 11.7. The maximum absolute atomic E-state index is 13.0. The molecule has 0 aromatic carbocycles. The van der Waals surface area contributed by atoms with Crippen molar-refractivity contribution in [3.63, 3.8) is 0 Å². The van der Waals surface area contributed by atoms with Gasteiger partial charge >= 0.3 is 6.09 Å². The Kier molecular flexibility index (Phi) is 7.52. The van der Waals surface area contributed by atoms with Crippen LogP contribution in [0.3, 0.4) is 0 Å². The van der Waals surface area contributed by atoms with Gasteiger partial charge in [0.1, 0.15) is 5.82 Å². The quantitative estimate of drug-likeness (QED) is 0.517. The molecule has 6 atom stereocenters. The van der Waals surface area contributed by atoms with Crippen LogP contribution in [0.4, 0.5) is 9.18 Å². The summed E-state index contributed by atoms with van der Waals surface area (Å²) >= 11 is 3.38. The molecule has 1 amide bonds. The number of carbonyl (C=O) groups is 1. The minimum atomic E-state index is -4.09. The second kappa shape index (κ2) is 9.94. The molecule has 1 aromatic heterocycles. The molecule has 2 aliphatic carbocycles. The van der Waals surface area contributed by atoms with Crippen LogP contribution in [0.15, 0.2) is 16.9 Å². The molecule has 0 bridgehead atoms. The van der Waals surface area contributed by atoms with Crippen molar-refractivity contribution in [2.24, 2.45) is 5.92 Å². The Hall–Kier alpha value is -1.37. The van der Waals surface area contributed by atoms with Gasteiger partial charge in [-0.3, -0.25) is 4.90 Å². The molecule has 2 saturated carbocycles. The van der Waals surface area contributed by atoms with Crippen LogP contribution >= 0.6 is 15.9 Å². The zero-order valence-electron chi connectivity index (χ0n) is 19.6. The number of aromatic nitrogens is 2. The first kappa shape index (κ1) is 25.7. The first-order chi connectivity index (χ1) is 16.0. The van der Waals surface area contributed by atoms with E-state index in [1.165, 1.54) is 4.90 Å². The minimum Gasteiger partial charge on any atom is -0.447 e. The van der Waals surface area contributed by atoms with Gasteiger partial charge in [0.15, 0.2) is 0 Å². The maximum atomic E-state index is 13.0. The van der Waals surface area contributed by atoms with Crippen LogP contribution in [0.25, 0.3) is 0 Å². The molecule has 1 aromatic rings. The van der Waals surface area contributed by atoms with Crippen LogP contribution in [0.2, 0.25) is 0 Å². The van der Waals surface area contributed by atoms with E-state index in [-0.39, 0.29) is 30.3 Å². The number of likely N-dealkylation sites (tertiary alicyclic amines) is 1. The summed E-state index contributed by atoms with van der Waals surface area (Å²) in [4.78, 5) is 23.3. The van der Waals surface area contributed by atoms with E-state index in [2.05, 4.69) is 30.6 Å². The number of nitrogens with zero attached hydrogens (tertiary/aromatic N) is 3. The highest BCUT2D eigenvalue weighted by Crippen LogP contribution is 2.61. The predicted octanol–water partition coefficient (Wildman–Crippen LogP) is 3.29. The second-order valence-electron chi connectivity index (χ2n) is 9.95. The Morgan fingerprint density at radius 2 is 2.06 bits per heavy atom. The third kappa shape index (κ3) is 5.39. The summed E-state index contributed by atoms with van der Waals surface area (Å²) in [6.07, 6.45) is 6.71. The van der Waals surface area contributed by atoms with Gasteiger partial charge in [0, 0.05) is 29.9 Å². The van der Waals surface area contributed by atoms with Crippen molar-refractivity contribution in [3.05, 3.63) is 22.7 Å². The zero-order chi connectivity index (χ0) is 24.7. The molecule has 0 radical (unpaired) electrons. The molecule has 0 spiro atoms. The van der Waals surface area contributed by atoms with E-state index in [1.807, 2.05) is 6.92 Å². The Bertz CT molecular complexity index is 998. The molecule has 4 rings (SSSR count). The fourth-order valence-corrected chi connectivity index (χ4v) is 6.49. The van der Waals surface area contributed by atoms with Gasteiger partial charge in [0.05, 0.1) is 29.3 Å². The van der Waals surface area contributed by atoms with Gasteiger partial charge in [-0.05, 0) is 74.7 Å². The van der Waals surface area contributed by atoms with Crippen molar-refractivity contribution in [2.45, 2.75) is 88.6 Å². The summed E-state index contributed by atoms with van der Waals surface area (Å²) in [5.41, 5.74) is 0.0227. The van der Waals surface area contributed by atoms with Crippen LogP contribution in [0, 0.1) is 5.92 Å². The number of ether oxygens (including phenoxy) is 2. The molecule has 1 aliphatic heterocycles. The van der Waals surface area contributed by atoms with Gasteiger partial charge in [0.25, 0.3) is 0 Å². The highest BCUT2D eigenvalue weighted by Gasteiger charge is 2.60. The molecule has 3 fully saturated rings. The van der Waals surface area contributed by atoms with E-state index in [9.17, 15) is 17.6 Å². The lowest BCUT2D eigenvalue weighted by atomic mass is 9.86. The third-order valence-corrected chi connectivity index (χ3v) is 8.53. The molecule has 3 aliphatic rings. The number of fused-ring (bicyclic) bond motifs is 1.